The van der Waals surface area contributed by atoms with Gasteiger partial charge in [-0.25, -0.2) is 0 Å². The summed E-state index contributed by atoms with van der Waals surface area (Å²) >= 11 is 6.06. The van der Waals surface area contributed by atoms with Crippen molar-refractivity contribution in [1.29, 1.82) is 0 Å². The summed E-state index contributed by atoms with van der Waals surface area (Å²) < 4.78 is 5.72. The lowest BCUT2D eigenvalue weighted by Gasteiger charge is -2.22. The van der Waals surface area contributed by atoms with Crippen molar-refractivity contribution in [3.8, 4) is 5.75 Å². The van der Waals surface area contributed by atoms with Crippen molar-refractivity contribution >= 4 is 29.4 Å². The summed E-state index contributed by atoms with van der Waals surface area (Å²) in [6, 6.07) is 3.06. The van der Waals surface area contributed by atoms with Crippen molar-refractivity contribution < 1.29 is 24.2 Å². The molecule has 0 radical (unpaired) electrons. The fourth-order valence-corrected chi connectivity index (χ4v) is 2.80. The Morgan fingerprint density at radius 2 is 1.77 bits per heavy atom. The summed E-state index contributed by atoms with van der Waals surface area (Å²) in [6.45, 7) is 10.2. The molecule has 2 atom stereocenters. The zero-order valence-corrected chi connectivity index (χ0v) is 18.9. The number of carboxylic acids is 1. The van der Waals surface area contributed by atoms with Crippen LogP contribution in [0.3, 0.4) is 0 Å². The molecular weight excluding hydrogens is 410 g/mol. The van der Waals surface area contributed by atoms with Crippen LogP contribution in [0.4, 0.5) is 0 Å². The molecule has 0 fully saturated rings. The smallest absolute Gasteiger partial charge is 0.325 e. The number of nitrogens with one attached hydrogen (secondary N) is 3. The van der Waals surface area contributed by atoms with Crippen LogP contribution in [0, 0.1) is 5.92 Å². The second-order valence-electron chi connectivity index (χ2n) is 7.82. The van der Waals surface area contributed by atoms with Crippen LogP contribution in [-0.2, 0) is 9.59 Å². The maximum absolute atomic E-state index is 12.9. The van der Waals surface area contributed by atoms with E-state index in [9.17, 15) is 14.4 Å². The van der Waals surface area contributed by atoms with E-state index in [1.165, 1.54) is 13.0 Å². The van der Waals surface area contributed by atoms with Gasteiger partial charge in [0, 0.05) is 17.6 Å². The molecule has 1 rings (SSSR count). The van der Waals surface area contributed by atoms with Crippen LogP contribution in [0.1, 0.15) is 51.4 Å². The molecule has 168 valence electrons. The molecule has 0 spiro atoms. The first-order valence-electron chi connectivity index (χ1n) is 10.0. The third-order valence-electron chi connectivity index (χ3n) is 4.16. The Labute approximate surface area is 182 Å². The molecule has 8 nitrogen and oxygen atoms in total. The van der Waals surface area contributed by atoms with Crippen LogP contribution in [0.2, 0.25) is 5.02 Å². The molecular formula is C21H32ClN3O5. The molecule has 4 N–H and O–H groups in total. The molecule has 1 aromatic rings. The molecule has 0 aliphatic carbocycles. The van der Waals surface area contributed by atoms with Crippen LogP contribution in [-0.4, -0.2) is 54.2 Å². The molecule has 30 heavy (non-hydrogen) atoms. The van der Waals surface area contributed by atoms with Gasteiger partial charge in [0.05, 0.1) is 5.56 Å². The van der Waals surface area contributed by atoms with Crippen LogP contribution in [0.15, 0.2) is 18.2 Å². The van der Waals surface area contributed by atoms with Gasteiger partial charge in [-0.1, -0.05) is 39.3 Å². The molecule has 0 saturated carbocycles. The predicted octanol–water partition coefficient (Wildman–Crippen LogP) is 2.45. The van der Waals surface area contributed by atoms with Crippen molar-refractivity contribution in [2.24, 2.45) is 5.92 Å². The first-order valence-corrected chi connectivity index (χ1v) is 10.4. The minimum atomic E-state index is -1.15. The minimum Gasteiger partial charge on any atom is -0.491 e. The summed E-state index contributed by atoms with van der Waals surface area (Å²) in [5.74, 6) is -1.78. The Kier molecular flexibility index (Phi) is 10.6. The highest BCUT2D eigenvalue weighted by Gasteiger charge is 2.26. The van der Waals surface area contributed by atoms with Gasteiger partial charge in [0.2, 0.25) is 5.91 Å². The average Bonchev–Trinajstić information content (AvgIpc) is 2.64. The zero-order chi connectivity index (χ0) is 22.8. The second kappa shape index (κ2) is 12.4. The molecule has 0 aliphatic rings. The number of rotatable bonds is 12. The molecule has 9 heteroatoms. The fourth-order valence-electron chi connectivity index (χ4n) is 2.63. The standard InChI is InChI=1S/C21H32ClN3O5/c1-12(2)10-17(20(27)24-14(5)21(28)29)25-19(26)16-11-15(22)6-7-18(16)30-9-8-23-13(3)4/h6-7,11-14,17,23H,8-10H2,1-5H3,(H,24,27)(H,25,26)(H,28,29)/t14-,17-/m0/s1. The van der Waals surface area contributed by atoms with Crippen molar-refractivity contribution in [2.75, 3.05) is 13.2 Å². The van der Waals surface area contributed by atoms with Crippen molar-refractivity contribution in [3.05, 3.63) is 28.8 Å². The van der Waals surface area contributed by atoms with Gasteiger partial charge < -0.3 is 25.8 Å². The van der Waals surface area contributed by atoms with Crippen molar-refractivity contribution in [3.63, 3.8) is 0 Å². The lowest BCUT2D eigenvalue weighted by Crippen LogP contribution is -2.51. The number of benzene rings is 1. The van der Waals surface area contributed by atoms with E-state index in [2.05, 4.69) is 16.0 Å². The number of hydrogen-bond donors (Lipinski definition) is 4. The van der Waals surface area contributed by atoms with E-state index < -0.39 is 29.9 Å². The average molecular weight is 442 g/mol. The van der Waals surface area contributed by atoms with Gasteiger partial charge in [0.15, 0.2) is 0 Å². The van der Waals surface area contributed by atoms with E-state index in [-0.39, 0.29) is 11.5 Å². The third-order valence-corrected chi connectivity index (χ3v) is 4.39. The Balaban J connectivity index is 2.95. The van der Waals surface area contributed by atoms with Gasteiger partial charge in [-0.15, -0.1) is 0 Å². The number of halogens is 1. The molecule has 0 heterocycles. The number of carboxylic acid groups (broad SMARTS) is 1. The molecule has 0 aliphatic heterocycles. The SMILES string of the molecule is CC(C)C[C@H](NC(=O)c1cc(Cl)ccc1OCCNC(C)C)C(=O)N[C@@H](C)C(=O)O. The quantitative estimate of drug-likeness (QED) is 0.370. The summed E-state index contributed by atoms with van der Waals surface area (Å²) in [5.41, 5.74) is 0.208. The number of carbonyl (C=O) groups excluding carboxylic acids is 2. The van der Waals surface area contributed by atoms with Crippen LogP contribution in [0.25, 0.3) is 0 Å². The van der Waals surface area contributed by atoms with Gasteiger partial charge in [0.25, 0.3) is 5.91 Å². The number of carbonyl (C=O) groups is 3. The summed E-state index contributed by atoms with van der Waals surface area (Å²) in [5, 5.41) is 17.7. The van der Waals surface area contributed by atoms with E-state index in [0.717, 1.165) is 0 Å². The molecule has 1 aromatic carbocycles. The largest absolute Gasteiger partial charge is 0.491 e. The summed E-state index contributed by atoms with van der Waals surface area (Å²) in [7, 11) is 0. The van der Waals surface area contributed by atoms with Crippen molar-refractivity contribution in [2.45, 2.75) is 59.2 Å². The number of ether oxygens (including phenoxy) is 1. The first kappa shape index (κ1) is 25.7. The third kappa shape index (κ3) is 9.00. The molecule has 0 unspecified atom stereocenters. The lowest BCUT2D eigenvalue weighted by atomic mass is 10.0. The Bertz CT molecular complexity index is 739. The number of aliphatic carboxylic acids is 1. The molecule has 0 bridgehead atoms. The fraction of sp³-hybridized carbons (Fsp3) is 0.571. The Hall–Kier alpha value is -2.32. The Morgan fingerprint density at radius 1 is 1.10 bits per heavy atom. The van der Waals surface area contributed by atoms with E-state index >= 15 is 0 Å². The van der Waals surface area contributed by atoms with Gasteiger partial charge in [-0.3, -0.25) is 14.4 Å². The minimum absolute atomic E-state index is 0.0957. The van der Waals surface area contributed by atoms with Crippen LogP contribution >= 0.6 is 11.6 Å². The van der Waals surface area contributed by atoms with Gasteiger partial charge in [0.1, 0.15) is 24.4 Å². The highest BCUT2D eigenvalue weighted by molar-refractivity contribution is 6.31. The highest BCUT2D eigenvalue weighted by Crippen LogP contribution is 2.23. The number of hydrogen-bond acceptors (Lipinski definition) is 5. The first-order chi connectivity index (χ1) is 14.0. The summed E-state index contributed by atoms with van der Waals surface area (Å²) in [6.07, 6.45) is 0.346. The Morgan fingerprint density at radius 3 is 2.33 bits per heavy atom. The monoisotopic (exact) mass is 441 g/mol. The molecule has 0 aromatic heterocycles. The molecule has 0 saturated heterocycles. The van der Waals surface area contributed by atoms with E-state index in [1.807, 2.05) is 27.7 Å². The summed E-state index contributed by atoms with van der Waals surface area (Å²) in [4.78, 5) is 36.5. The normalized spacial score (nSPS) is 13.1. The molecule has 2 amide bonds. The van der Waals surface area contributed by atoms with E-state index in [4.69, 9.17) is 21.4 Å². The van der Waals surface area contributed by atoms with Gasteiger partial charge in [-0.2, -0.15) is 0 Å². The topological polar surface area (TPSA) is 117 Å². The van der Waals surface area contributed by atoms with Crippen LogP contribution < -0.4 is 20.7 Å². The highest BCUT2D eigenvalue weighted by atomic mass is 35.5. The second-order valence-corrected chi connectivity index (χ2v) is 8.26. The van der Waals surface area contributed by atoms with Crippen molar-refractivity contribution in [1.82, 2.24) is 16.0 Å². The zero-order valence-electron chi connectivity index (χ0n) is 18.1. The van der Waals surface area contributed by atoms with E-state index in [1.54, 1.807) is 12.1 Å². The predicted molar refractivity (Wildman–Crippen MR) is 116 cm³/mol. The van der Waals surface area contributed by atoms with Gasteiger partial charge in [-0.05, 0) is 37.5 Å². The van der Waals surface area contributed by atoms with Crippen LogP contribution in [0.5, 0.6) is 5.75 Å². The number of amides is 2. The maximum atomic E-state index is 12.9. The maximum Gasteiger partial charge on any atom is 0.325 e. The lowest BCUT2D eigenvalue weighted by molar-refractivity contribution is -0.141. The van der Waals surface area contributed by atoms with Gasteiger partial charge >= 0.3 is 5.97 Å². The van der Waals surface area contributed by atoms with E-state index in [0.29, 0.717) is 36.4 Å².